The highest BCUT2D eigenvalue weighted by Gasteiger charge is 2.02. The van der Waals surface area contributed by atoms with Gasteiger partial charge in [-0.15, -0.1) is 11.3 Å². The molecular formula is C13H19N5S. The SMILES string of the molecule is CCNc1cc(NCCc2csc(C)n2)nc(C)n1. The molecule has 2 aromatic heterocycles. The van der Waals surface area contributed by atoms with E-state index in [1.165, 1.54) is 0 Å². The van der Waals surface area contributed by atoms with Crippen molar-refractivity contribution in [3.8, 4) is 0 Å². The molecule has 0 aliphatic carbocycles. The summed E-state index contributed by atoms with van der Waals surface area (Å²) in [5.74, 6) is 2.49. The quantitative estimate of drug-likeness (QED) is 0.850. The second-order valence-corrected chi connectivity index (χ2v) is 5.31. The van der Waals surface area contributed by atoms with Crippen LogP contribution >= 0.6 is 11.3 Å². The van der Waals surface area contributed by atoms with Gasteiger partial charge >= 0.3 is 0 Å². The van der Waals surface area contributed by atoms with Crippen molar-refractivity contribution in [3.63, 3.8) is 0 Å². The maximum atomic E-state index is 4.44. The highest BCUT2D eigenvalue weighted by molar-refractivity contribution is 7.09. The zero-order valence-electron chi connectivity index (χ0n) is 11.5. The summed E-state index contributed by atoms with van der Waals surface area (Å²) in [4.78, 5) is 13.1. The van der Waals surface area contributed by atoms with Gasteiger partial charge in [0.1, 0.15) is 17.5 Å². The van der Waals surface area contributed by atoms with Crippen molar-refractivity contribution >= 4 is 23.0 Å². The molecule has 19 heavy (non-hydrogen) atoms. The Labute approximate surface area is 117 Å². The van der Waals surface area contributed by atoms with E-state index in [4.69, 9.17) is 0 Å². The lowest BCUT2D eigenvalue weighted by Gasteiger charge is -2.08. The minimum Gasteiger partial charge on any atom is -0.370 e. The van der Waals surface area contributed by atoms with Gasteiger partial charge in [0, 0.05) is 31.0 Å². The Morgan fingerprint density at radius 1 is 1.11 bits per heavy atom. The summed E-state index contributed by atoms with van der Waals surface area (Å²) in [6, 6.07) is 1.93. The number of nitrogens with one attached hydrogen (secondary N) is 2. The van der Waals surface area contributed by atoms with Crippen LogP contribution in [0.3, 0.4) is 0 Å². The molecule has 2 aromatic rings. The zero-order chi connectivity index (χ0) is 13.7. The van der Waals surface area contributed by atoms with Gasteiger partial charge in [-0.1, -0.05) is 0 Å². The first-order valence-electron chi connectivity index (χ1n) is 6.42. The number of thiazole rings is 1. The number of rotatable bonds is 6. The Morgan fingerprint density at radius 2 is 1.84 bits per heavy atom. The van der Waals surface area contributed by atoms with Crippen LogP contribution in [0.25, 0.3) is 0 Å². The third-order valence-electron chi connectivity index (χ3n) is 2.55. The van der Waals surface area contributed by atoms with Crippen LogP contribution < -0.4 is 10.6 Å². The molecule has 0 radical (unpaired) electrons. The van der Waals surface area contributed by atoms with Crippen LogP contribution in [0.4, 0.5) is 11.6 Å². The van der Waals surface area contributed by atoms with Gasteiger partial charge in [-0.05, 0) is 20.8 Å². The lowest BCUT2D eigenvalue weighted by atomic mass is 10.3. The Morgan fingerprint density at radius 3 is 2.47 bits per heavy atom. The van der Waals surface area contributed by atoms with Crippen LogP contribution in [0.15, 0.2) is 11.4 Å². The summed E-state index contributed by atoms with van der Waals surface area (Å²) in [7, 11) is 0. The maximum Gasteiger partial charge on any atom is 0.131 e. The molecule has 102 valence electrons. The van der Waals surface area contributed by atoms with Gasteiger partial charge in [-0.3, -0.25) is 0 Å². The molecule has 2 rings (SSSR count). The van der Waals surface area contributed by atoms with Crippen molar-refractivity contribution in [1.82, 2.24) is 15.0 Å². The van der Waals surface area contributed by atoms with Crippen molar-refractivity contribution in [2.75, 3.05) is 23.7 Å². The predicted octanol–water partition coefficient (Wildman–Crippen LogP) is 2.64. The second kappa shape index (κ2) is 6.47. The van der Waals surface area contributed by atoms with Crippen molar-refractivity contribution < 1.29 is 0 Å². The smallest absolute Gasteiger partial charge is 0.131 e. The summed E-state index contributed by atoms with van der Waals surface area (Å²) in [6.45, 7) is 7.65. The van der Waals surface area contributed by atoms with E-state index in [0.29, 0.717) is 0 Å². The van der Waals surface area contributed by atoms with Crippen molar-refractivity contribution in [2.45, 2.75) is 27.2 Å². The lowest BCUT2D eigenvalue weighted by Crippen LogP contribution is -2.09. The first-order valence-corrected chi connectivity index (χ1v) is 7.29. The molecule has 0 atom stereocenters. The fraction of sp³-hybridized carbons (Fsp3) is 0.462. The first-order chi connectivity index (χ1) is 9.17. The highest BCUT2D eigenvalue weighted by Crippen LogP contribution is 2.12. The van der Waals surface area contributed by atoms with Gasteiger partial charge in [0.05, 0.1) is 10.7 Å². The summed E-state index contributed by atoms with van der Waals surface area (Å²) in [5.41, 5.74) is 1.13. The molecule has 0 aliphatic heterocycles. The fourth-order valence-electron chi connectivity index (χ4n) is 1.77. The number of hydrogen-bond acceptors (Lipinski definition) is 6. The maximum absolute atomic E-state index is 4.44. The van der Waals surface area contributed by atoms with Crippen molar-refractivity contribution in [1.29, 1.82) is 0 Å². The molecule has 0 amide bonds. The largest absolute Gasteiger partial charge is 0.370 e. The number of nitrogens with zero attached hydrogens (tertiary/aromatic N) is 3. The van der Waals surface area contributed by atoms with E-state index < -0.39 is 0 Å². The average Bonchev–Trinajstić information content (AvgIpc) is 2.75. The molecule has 0 saturated carbocycles. The van der Waals surface area contributed by atoms with Gasteiger partial charge in [-0.2, -0.15) is 0 Å². The van der Waals surface area contributed by atoms with Gasteiger partial charge in [0.15, 0.2) is 0 Å². The van der Waals surface area contributed by atoms with Crippen LogP contribution in [-0.4, -0.2) is 28.0 Å². The Bertz CT molecular complexity index is 538. The van der Waals surface area contributed by atoms with E-state index in [1.807, 2.05) is 19.9 Å². The Kier molecular flexibility index (Phi) is 4.68. The van der Waals surface area contributed by atoms with Gasteiger partial charge in [-0.25, -0.2) is 15.0 Å². The molecule has 0 bridgehead atoms. The minimum atomic E-state index is 0.769. The standard InChI is InChI=1S/C13H19N5S/c1-4-14-12-7-13(17-9(2)16-12)15-6-5-11-8-19-10(3)18-11/h7-8H,4-6H2,1-3H3,(H2,14,15,16,17). The molecule has 2 N–H and O–H groups in total. The van der Waals surface area contributed by atoms with E-state index in [9.17, 15) is 0 Å². The summed E-state index contributed by atoms with van der Waals surface area (Å²) < 4.78 is 0. The van der Waals surface area contributed by atoms with Gasteiger partial charge in [0.2, 0.25) is 0 Å². The molecule has 2 heterocycles. The van der Waals surface area contributed by atoms with Crippen LogP contribution in [0.1, 0.15) is 23.4 Å². The minimum absolute atomic E-state index is 0.769. The molecule has 0 unspecified atom stereocenters. The monoisotopic (exact) mass is 277 g/mol. The number of aryl methyl sites for hydroxylation is 2. The average molecular weight is 277 g/mol. The molecule has 0 saturated heterocycles. The second-order valence-electron chi connectivity index (χ2n) is 4.25. The van der Waals surface area contributed by atoms with E-state index in [0.717, 1.165) is 47.7 Å². The van der Waals surface area contributed by atoms with Crippen molar-refractivity contribution in [3.05, 3.63) is 28.0 Å². The number of anilines is 2. The van der Waals surface area contributed by atoms with Gasteiger partial charge in [0.25, 0.3) is 0 Å². The lowest BCUT2D eigenvalue weighted by molar-refractivity contribution is 0.948. The Hall–Kier alpha value is -1.69. The van der Waals surface area contributed by atoms with Crippen LogP contribution in [0, 0.1) is 13.8 Å². The van der Waals surface area contributed by atoms with Gasteiger partial charge < -0.3 is 10.6 Å². The predicted molar refractivity (Wildman–Crippen MR) is 80.0 cm³/mol. The van der Waals surface area contributed by atoms with Crippen LogP contribution in [-0.2, 0) is 6.42 Å². The Balaban J connectivity index is 1.91. The summed E-state index contributed by atoms with van der Waals surface area (Å²) >= 11 is 1.69. The third-order valence-corrected chi connectivity index (χ3v) is 3.37. The normalized spacial score (nSPS) is 10.5. The number of hydrogen-bond donors (Lipinski definition) is 2. The summed E-state index contributed by atoms with van der Waals surface area (Å²) in [5, 5.41) is 9.73. The molecular weight excluding hydrogens is 258 g/mol. The van der Waals surface area contributed by atoms with E-state index >= 15 is 0 Å². The highest BCUT2D eigenvalue weighted by atomic mass is 32.1. The summed E-state index contributed by atoms with van der Waals surface area (Å²) in [6.07, 6.45) is 0.907. The zero-order valence-corrected chi connectivity index (χ0v) is 12.3. The molecule has 0 aromatic carbocycles. The van der Waals surface area contributed by atoms with Crippen LogP contribution in [0.2, 0.25) is 0 Å². The topological polar surface area (TPSA) is 62.7 Å². The number of aromatic nitrogens is 3. The third kappa shape index (κ3) is 4.17. The molecule has 5 nitrogen and oxygen atoms in total. The van der Waals surface area contributed by atoms with E-state index in [1.54, 1.807) is 11.3 Å². The van der Waals surface area contributed by atoms with Crippen molar-refractivity contribution in [2.24, 2.45) is 0 Å². The molecule has 6 heteroatoms. The molecule has 0 aliphatic rings. The van der Waals surface area contributed by atoms with E-state index in [2.05, 4.69) is 37.9 Å². The fourth-order valence-corrected chi connectivity index (χ4v) is 2.42. The van der Waals surface area contributed by atoms with Crippen LogP contribution in [0.5, 0.6) is 0 Å². The first kappa shape index (κ1) is 13.7. The van der Waals surface area contributed by atoms with E-state index in [-0.39, 0.29) is 0 Å². The molecule has 0 spiro atoms. The molecule has 0 fully saturated rings.